The van der Waals surface area contributed by atoms with Crippen molar-refractivity contribution >= 4 is 11.0 Å². The van der Waals surface area contributed by atoms with Crippen LogP contribution < -0.4 is 5.69 Å². The summed E-state index contributed by atoms with van der Waals surface area (Å²) < 4.78 is 22.8. The molecule has 1 fully saturated rings. The third kappa shape index (κ3) is 3.88. The van der Waals surface area contributed by atoms with Gasteiger partial charge in [0.2, 0.25) is 0 Å². The first-order chi connectivity index (χ1) is 13.5. The van der Waals surface area contributed by atoms with Crippen molar-refractivity contribution in [3.8, 4) is 0 Å². The summed E-state index contributed by atoms with van der Waals surface area (Å²) in [6, 6.07) is 12.9. The van der Waals surface area contributed by atoms with Crippen LogP contribution in [-0.4, -0.2) is 33.3 Å². The molecular formula is C22H26FN3O2. The van der Waals surface area contributed by atoms with Gasteiger partial charge < -0.3 is 4.74 Å². The molecule has 2 heterocycles. The normalized spacial score (nSPS) is 17.1. The maximum Gasteiger partial charge on any atom is 0.328 e. The first-order valence-electron chi connectivity index (χ1n) is 9.74. The molecule has 0 spiro atoms. The van der Waals surface area contributed by atoms with Crippen molar-refractivity contribution < 1.29 is 9.13 Å². The molecule has 0 radical (unpaired) electrons. The Kier molecular flexibility index (Phi) is 5.33. The molecule has 5 nitrogen and oxygen atoms in total. The van der Waals surface area contributed by atoms with E-state index in [2.05, 4.69) is 17.0 Å². The summed E-state index contributed by atoms with van der Waals surface area (Å²) >= 11 is 0. The Balaban J connectivity index is 1.59. The highest BCUT2D eigenvalue weighted by Crippen LogP contribution is 2.20. The lowest BCUT2D eigenvalue weighted by Gasteiger charge is -2.25. The van der Waals surface area contributed by atoms with Crippen molar-refractivity contribution in [2.75, 3.05) is 13.2 Å². The lowest BCUT2D eigenvalue weighted by molar-refractivity contribution is 0.0679. The van der Waals surface area contributed by atoms with Crippen LogP contribution in [0.3, 0.4) is 0 Å². The average Bonchev–Trinajstić information content (AvgIpc) is 3.25. The minimum absolute atomic E-state index is 0.0249. The van der Waals surface area contributed by atoms with Gasteiger partial charge in [0.05, 0.1) is 17.1 Å². The highest BCUT2D eigenvalue weighted by Gasteiger charge is 2.20. The van der Waals surface area contributed by atoms with Gasteiger partial charge in [-0.1, -0.05) is 18.2 Å². The molecule has 0 aliphatic carbocycles. The van der Waals surface area contributed by atoms with E-state index in [-0.39, 0.29) is 17.6 Å². The Labute approximate surface area is 163 Å². The number of hydrogen-bond acceptors (Lipinski definition) is 3. The number of fused-ring (bicyclic) bond motifs is 1. The molecular weight excluding hydrogens is 357 g/mol. The number of nitrogens with zero attached hydrogens (tertiary/aromatic N) is 3. The fraction of sp³-hybridized carbons (Fsp3) is 0.409. The van der Waals surface area contributed by atoms with Gasteiger partial charge in [0.1, 0.15) is 5.82 Å². The molecule has 0 saturated carbocycles. The fourth-order valence-electron chi connectivity index (χ4n) is 4.06. The second kappa shape index (κ2) is 7.89. The summed E-state index contributed by atoms with van der Waals surface area (Å²) in [6.45, 7) is 3.00. The highest BCUT2D eigenvalue weighted by molar-refractivity contribution is 5.76. The van der Waals surface area contributed by atoms with Crippen LogP contribution in [0.2, 0.25) is 0 Å². The van der Waals surface area contributed by atoms with E-state index < -0.39 is 0 Å². The van der Waals surface area contributed by atoms with E-state index in [0.29, 0.717) is 6.54 Å². The molecule has 1 aliphatic rings. The van der Waals surface area contributed by atoms with Crippen LogP contribution in [0, 0.1) is 5.82 Å². The van der Waals surface area contributed by atoms with Gasteiger partial charge in [-0.15, -0.1) is 0 Å². The van der Waals surface area contributed by atoms with Crippen molar-refractivity contribution in [1.29, 1.82) is 0 Å². The van der Waals surface area contributed by atoms with E-state index in [9.17, 15) is 9.18 Å². The van der Waals surface area contributed by atoms with Gasteiger partial charge in [0.15, 0.2) is 0 Å². The van der Waals surface area contributed by atoms with Gasteiger partial charge in [-0.25, -0.2) is 9.18 Å². The zero-order valence-electron chi connectivity index (χ0n) is 16.4. The molecule has 3 aromatic rings. The fourth-order valence-corrected chi connectivity index (χ4v) is 4.06. The molecule has 2 aromatic carbocycles. The van der Waals surface area contributed by atoms with E-state index in [4.69, 9.17) is 4.74 Å². The number of ether oxygens (including phenoxy) is 1. The molecule has 148 valence electrons. The molecule has 6 heteroatoms. The SMILES string of the molecule is Cn1c(=O)n(C)c2cc(CN(Cc3cccc(F)c3)C[C@H]3CCCO3)ccc21. The third-order valence-corrected chi connectivity index (χ3v) is 5.52. The molecule has 0 amide bonds. The van der Waals surface area contributed by atoms with E-state index in [1.54, 1.807) is 35.4 Å². The van der Waals surface area contributed by atoms with E-state index >= 15 is 0 Å². The zero-order chi connectivity index (χ0) is 19.7. The molecule has 28 heavy (non-hydrogen) atoms. The summed E-state index contributed by atoms with van der Waals surface area (Å²) in [5.74, 6) is -0.213. The topological polar surface area (TPSA) is 39.4 Å². The number of aromatic nitrogens is 2. The molecule has 0 unspecified atom stereocenters. The van der Waals surface area contributed by atoms with E-state index in [1.165, 1.54) is 6.07 Å². The quantitative estimate of drug-likeness (QED) is 0.656. The van der Waals surface area contributed by atoms with Crippen LogP contribution in [-0.2, 0) is 31.9 Å². The van der Waals surface area contributed by atoms with Crippen LogP contribution in [0.1, 0.15) is 24.0 Å². The molecule has 1 saturated heterocycles. The predicted molar refractivity (Wildman–Crippen MR) is 108 cm³/mol. The maximum atomic E-state index is 13.6. The van der Waals surface area contributed by atoms with Crippen LogP contribution in [0.5, 0.6) is 0 Å². The largest absolute Gasteiger partial charge is 0.377 e. The zero-order valence-corrected chi connectivity index (χ0v) is 16.4. The molecule has 1 aliphatic heterocycles. The first kappa shape index (κ1) is 18.9. The van der Waals surface area contributed by atoms with Crippen molar-refractivity contribution in [1.82, 2.24) is 14.0 Å². The standard InChI is InChI=1S/C22H26FN3O2/c1-24-20-9-8-17(12-21(20)25(2)22(24)27)14-26(15-19-7-4-10-28-19)13-16-5-3-6-18(23)11-16/h3,5-6,8-9,11-12,19H,4,7,10,13-15H2,1-2H3/t19-/m1/s1. The number of benzene rings is 2. The van der Waals surface area contributed by atoms with Gasteiger partial charge in [0, 0.05) is 40.3 Å². The molecule has 0 bridgehead atoms. The average molecular weight is 383 g/mol. The van der Waals surface area contributed by atoms with Crippen molar-refractivity contribution in [3.63, 3.8) is 0 Å². The van der Waals surface area contributed by atoms with Gasteiger partial charge in [-0.3, -0.25) is 14.0 Å². The summed E-state index contributed by atoms with van der Waals surface area (Å²) in [7, 11) is 3.59. The van der Waals surface area contributed by atoms with Gasteiger partial charge in [0.25, 0.3) is 0 Å². The lowest BCUT2D eigenvalue weighted by atomic mass is 10.1. The highest BCUT2D eigenvalue weighted by atomic mass is 19.1. The lowest BCUT2D eigenvalue weighted by Crippen LogP contribution is -2.31. The van der Waals surface area contributed by atoms with Crippen molar-refractivity contribution in [3.05, 3.63) is 69.9 Å². The Morgan fingerprint density at radius 3 is 2.54 bits per heavy atom. The first-order valence-corrected chi connectivity index (χ1v) is 9.74. The summed E-state index contributed by atoms with van der Waals surface area (Å²) in [5, 5.41) is 0. The van der Waals surface area contributed by atoms with E-state index in [1.807, 2.05) is 12.1 Å². The van der Waals surface area contributed by atoms with Crippen molar-refractivity contribution in [2.24, 2.45) is 14.1 Å². The Morgan fingerprint density at radius 1 is 1.07 bits per heavy atom. The molecule has 4 rings (SSSR count). The number of rotatable bonds is 6. The Morgan fingerprint density at radius 2 is 1.82 bits per heavy atom. The van der Waals surface area contributed by atoms with Gasteiger partial charge in [-0.05, 0) is 48.2 Å². The van der Waals surface area contributed by atoms with Crippen LogP contribution in [0.4, 0.5) is 4.39 Å². The molecule has 1 atom stereocenters. The van der Waals surface area contributed by atoms with Crippen LogP contribution >= 0.6 is 0 Å². The predicted octanol–water partition coefficient (Wildman–Crippen LogP) is 3.20. The minimum Gasteiger partial charge on any atom is -0.377 e. The van der Waals surface area contributed by atoms with Crippen LogP contribution in [0.15, 0.2) is 47.3 Å². The number of hydrogen-bond donors (Lipinski definition) is 0. The van der Waals surface area contributed by atoms with Crippen molar-refractivity contribution in [2.45, 2.75) is 32.0 Å². The number of imidazole rings is 1. The number of halogens is 1. The second-order valence-corrected chi connectivity index (χ2v) is 7.66. The summed E-state index contributed by atoms with van der Waals surface area (Å²) in [5.41, 5.74) is 3.90. The number of aryl methyl sites for hydroxylation is 2. The minimum atomic E-state index is -0.213. The second-order valence-electron chi connectivity index (χ2n) is 7.66. The van der Waals surface area contributed by atoms with Crippen LogP contribution in [0.25, 0.3) is 11.0 Å². The summed E-state index contributed by atoms with van der Waals surface area (Å²) in [4.78, 5) is 14.5. The van der Waals surface area contributed by atoms with Gasteiger partial charge >= 0.3 is 5.69 Å². The Hall–Kier alpha value is -2.44. The monoisotopic (exact) mass is 383 g/mol. The third-order valence-electron chi connectivity index (χ3n) is 5.52. The van der Waals surface area contributed by atoms with E-state index in [0.717, 1.165) is 54.7 Å². The summed E-state index contributed by atoms with van der Waals surface area (Å²) in [6.07, 6.45) is 2.38. The Bertz CT molecular complexity index is 1030. The molecule has 0 N–H and O–H groups in total. The molecule has 1 aromatic heterocycles. The smallest absolute Gasteiger partial charge is 0.328 e. The maximum absolute atomic E-state index is 13.6. The van der Waals surface area contributed by atoms with Gasteiger partial charge in [-0.2, -0.15) is 0 Å².